The molecule has 2 aliphatic rings. The maximum atomic E-state index is 12.3. The lowest BCUT2D eigenvalue weighted by Crippen LogP contribution is -2.48. The molecule has 2 aliphatic heterocycles. The zero-order chi connectivity index (χ0) is 15.2. The highest BCUT2D eigenvalue weighted by Gasteiger charge is 2.22. The van der Waals surface area contributed by atoms with Crippen LogP contribution in [0, 0.1) is 0 Å². The molecule has 2 heterocycles. The summed E-state index contributed by atoms with van der Waals surface area (Å²) >= 11 is 0. The Hall–Kier alpha value is -0.810. The maximum Gasteiger partial charge on any atom is 0.222 e. The molecule has 0 aliphatic carbocycles. The van der Waals surface area contributed by atoms with E-state index in [1.54, 1.807) is 0 Å². The summed E-state index contributed by atoms with van der Waals surface area (Å²) < 4.78 is 0. The molecule has 1 unspecified atom stereocenters. The van der Waals surface area contributed by atoms with Gasteiger partial charge in [-0.2, -0.15) is 0 Å². The summed E-state index contributed by atoms with van der Waals surface area (Å²) in [5.41, 5.74) is 1.36. The minimum Gasteiger partial charge on any atom is -0.340 e. The van der Waals surface area contributed by atoms with Gasteiger partial charge in [-0.3, -0.25) is 9.69 Å². The summed E-state index contributed by atoms with van der Waals surface area (Å²) in [6.45, 7) is 5.85. The van der Waals surface area contributed by atoms with E-state index in [1.807, 2.05) is 0 Å². The highest BCUT2D eigenvalue weighted by Crippen LogP contribution is 2.13. The summed E-state index contributed by atoms with van der Waals surface area (Å²) in [5.74, 6) is 0.341. The Kier molecular flexibility index (Phi) is 9.67. The van der Waals surface area contributed by atoms with Gasteiger partial charge < -0.3 is 10.2 Å². The van der Waals surface area contributed by atoms with Crippen molar-refractivity contribution in [2.24, 2.45) is 0 Å². The second kappa shape index (κ2) is 10.9. The first kappa shape index (κ1) is 21.2. The molecule has 1 atom stereocenters. The average Bonchev–Trinajstić information content (AvgIpc) is 3.08. The second-order valence-corrected chi connectivity index (χ2v) is 6.47. The fraction of sp³-hybridized carbons (Fsp3) is 0.611. The summed E-state index contributed by atoms with van der Waals surface area (Å²) in [5, 5.41) is 3.47. The van der Waals surface area contributed by atoms with Crippen LogP contribution < -0.4 is 5.32 Å². The van der Waals surface area contributed by atoms with Crippen molar-refractivity contribution >= 4 is 30.7 Å². The predicted octanol–water partition coefficient (Wildman–Crippen LogP) is 2.71. The molecule has 0 bridgehead atoms. The Balaban J connectivity index is 0.00000144. The van der Waals surface area contributed by atoms with Gasteiger partial charge in [0.05, 0.1) is 0 Å². The zero-order valence-corrected chi connectivity index (χ0v) is 15.8. The molecule has 2 saturated heterocycles. The number of hydrogen-bond acceptors (Lipinski definition) is 3. The molecular weight excluding hydrogens is 345 g/mol. The number of piperazine rings is 1. The highest BCUT2D eigenvalue weighted by atomic mass is 35.5. The van der Waals surface area contributed by atoms with Crippen molar-refractivity contribution in [1.29, 1.82) is 0 Å². The molecule has 0 aromatic heterocycles. The average molecular weight is 374 g/mol. The summed E-state index contributed by atoms with van der Waals surface area (Å²) in [6, 6.07) is 11.2. The molecule has 0 radical (unpaired) electrons. The van der Waals surface area contributed by atoms with E-state index in [2.05, 4.69) is 45.4 Å². The standard InChI is InChI=1S/C18H27N3O.2ClH/c22-18(9-8-17-7-4-10-19-17)21-13-11-20(12-14-21)15-16-5-2-1-3-6-16;;/h1-3,5-6,17,19H,4,7-15H2;2*1H. The molecule has 136 valence electrons. The fourth-order valence-corrected chi connectivity index (χ4v) is 3.46. The first-order chi connectivity index (χ1) is 10.8. The van der Waals surface area contributed by atoms with Crippen LogP contribution >= 0.6 is 24.8 Å². The van der Waals surface area contributed by atoms with Crippen molar-refractivity contribution in [1.82, 2.24) is 15.1 Å². The summed E-state index contributed by atoms with van der Waals surface area (Å²) in [6.07, 6.45) is 4.20. The van der Waals surface area contributed by atoms with Crippen LogP contribution in [0.25, 0.3) is 0 Å². The molecule has 0 spiro atoms. The van der Waals surface area contributed by atoms with E-state index in [0.717, 1.165) is 45.7 Å². The van der Waals surface area contributed by atoms with Gasteiger partial charge in [0.25, 0.3) is 0 Å². The lowest BCUT2D eigenvalue weighted by atomic mass is 10.1. The van der Waals surface area contributed by atoms with Gasteiger partial charge in [0.15, 0.2) is 0 Å². The van der Waals surface area contributed by atoms with Gasteiger partial charge in [0.1, 0.15) is 0 Å². The van der Waals surface area contributed by atoms with Crippen molar-refractivity contribution < 1.29 is 4.79 Å². The molecule has 3 rings (SSSR count). The highest BCUT2D eigenvalue weighted by molar-refractivity contribution is 5.85. The lowest BCUT2D eigenvalue weighted by Gasteiger charge is -2.35. The zero-order valence-electron chi connectivity index (χ0n) is 14.2. The number of nitrogens with one attached hydrogen (secondary N) is 1. The van der Waals surface area contributed by atoms with E-state index in [-0.39, 0.29) is 24.8 Å². The van der Waals surface area contributed by atoms with Crippen LogP contribution in [0.15, 0.2) is 30.3 Å². The van der Waals surface area contributed by atoms with Crippen molar-refractivity contribution in [3.63, 3.8) is 0 Å². The van der Waals surface area contributed by atoms with E-state index in [4.69, 9.17) is 0 Å². The van der Waals surface area contributed by atoms with E-state index >= 15 is 0 Å². The van der Waals surface area contributed by atoms with E-state index in [1.165, 1.54) is 18.4 Å². The van der Waals surface area contributed by atoms with Gasteiger partial charge >= 0.3 is 0 Å². The van der Waals surface area contributed by atoms with Crippen molar-refractivity contribution in [2.75, 3.05) is 32.7 Å². The first-order valence-electron chi connectivity index (χ1n) is 8.59. The minimum atomic E-state index is 0. The maximum absolute atomic E-state index is 12.3. The number of halogens is 2. The number of rotatable bonds is 5. The normalized spacial score (nSPS) is 21.0. The monoisotopic (exact) mass is 373 g/mol. The molecule has 1 amide bonds. The number of hydrogen-bond donors (Lipinski definition) is 1. The lowest BCUT2D eigenvalue weighted by molar-refractivity contribution is -0.133. The van der Waals surface area contributed by atoms with Crippen LogP contribution in [-0.2, 0) is 11.3 Å². The molecule has 6 heteroatoms. The Bertz CT molecular complexity index is 472. The smallest absolute Gasteiger partial charge is 0.222 e. The molecule has 2 fully saturated rings. The van der Waals surface area contributed by atoms with Crippen LogP contribution in [-0.4, -0.2) is 54.5 Å². The van der Waals surface area contributed by atoms with E-state index in [0.29, 0.717) is 18.4 Å². The fourth-order valence-electron chi connectivity index (χ4n) is 3.46. The Labute approximate surface area is 157 Å². The third-order valence-electron chi connectivity index (χ3n) is 4.84. The first-order valence-corrected chi connectivity index (χ1v) is 8.59. The Morgan fingerprint density at radius 2 is 1.79 bits per heavy atom. The Morgan fingerprint density at radius 3 is 2.42 bits per heavy atom. The van der Waals surface area contributed by atoms with Crippen LogP contribution in [0.5, 0.6) is 0 Å². The largest absolute Gasteiger partial charge is 0.340 e. The molecular formula is C18H29Cl2N3O. The van der Waals surface area contributed by atoms with E-state index < -0.39 is 0 Å². The van der Waals surface area contributed by atoms with Crippen LogP contribution in [0.1, 0.15) is 31.2 Å². The SMILES string of the molecule is Cl.Cl.O=C(CCC1CCCN1)N1CCN(Cc2ccccc2)CC1. The minimum absolute atomic E-state index is 0. The predicted molar refractivity (Wildman–Crippen MR) is 103 cm³/mol. The van der Waals surface area contributed by atoms with Gasteiger partial charge in [0, 0.05) is 45.2 Å². The van der Waals surface area contributed by atoms with Crippen molar-refractivity contribution in [3.05, 3.63) is 35.9 Å². The summed E-state index contributed by atoms with van der Waals surface area (Å²) in [7, 11) is 0. The van der Waals surface area contributed by atoms with Gasteiger partial charge in [-0.05, 0) is 31.4 Å². The molecule has 1 aromatic rings. The van der Waals surface area contributed by atoms with Crippen molar-refractivity contribution in [2.45, 2.75) is 38.3 Å². The Morgan fingerprint density at radius 1 is 1.08 bits per heavy atom. The van der Waals surface area contributed by atoms with Crippen molar-refractivity contribution in [3.8, 4) is 0 Å². The number of amides is 1. The molecule has 4 nitrogen and oxygen atoms in total. The third kappa shape index (κ3) is 6.25. The van der Waals surface area contributed by atoms with Crippen LogP contribution in [0.2, 0.25) is 0 Å². The van der Waals surface area contributed by atoms with Gasteiger partial charge in [0.2, 0.25) is 5.91 Å². The van der Waals surface area contributed by atoms with Gasteiger partial charge in [-0.1, -0.05) is 30.3 Å². The van der Waals surface area contributed by atoms with Gasteiger partial charge in [-0.25, -0.2) is 0 Å². The quantitative estimate of drug-likeness (QED) is 0.861. The number of benzene rings is 1. The molecule has 1 aromatic carbocycles. The van der Waals surface area contributed by atoms with Gasteiger partial charge in [-0.15, -0.1) is 24.8 Å². The number of carbonyl (C=O) groups excluding carboxylic acids is 1. The molecule has 0 saturated carbocycles. The number of carbonyl (C=O) groups is 1. The second-order valence-electron chi connectivity index (χ2n) is 6.47. The molecule has 24 heavy (non-hydrogen) atoms. The van der Waals surface area contributed by atoms with Crippen LogP contribution in [0.3, 0.4) is 0 Å². The molecule has 1 N–H and O–H groups in total. The number of nitrogens with zero attached hydrogens (tertiary/aromatic N) is 2. The van der Waals surface area contributed by atoms with E-state index in [9.17, 15) is 4.79 Å². The topological polar surface area (TPSA) is 35.6 Å². The van der Waals surface area contributed by atoms with Crippen LogP contribution in [0.4, 0.5) is 0 Å². The third-order valence-corrected chi connectivity index (χ3v) is 4.84. The summed E-state index contributed by atoms with van der Waals surface area (Å²) in [4.78, 5) is 16.8.